The highest BCUT2D eigenvalue weighted by molar-refractivity contribution is 9.10. The molecular weight excluding hydrogens is 390 g/mol. The van der Waals surface area contributed by atoms with Crippen LogP contribution in [0.3, 0.4) is 0 Å². The summed E-state index contributed by atoms with van der Waals surface area (Å²) in [4.78, 5) is 25.7. The molecule has 0 saturated carbocycles. The number of hydrogen-bond acceptors (Lipinski definition) is 6. The molecule has 0 bridgehead atoms. The zero-order chi connectivity index (χ0) is 18.4. The van der Waals surface area contributed by atoms with Gasteiger partial charge in [-0.1, -0.05) is 22.0 Å². The first-order chi connectivity index (χ1) is 11.9. The Balaban J connectivity index is 2.39. The molecule has 2 aliphatic heterocycles. The van der Waals surface area contributed by atoms with E-state index in [0.717, 1.165) is 4.47 Å². The molecule has 3 N–H and O–H groups in total. The molecule has 1 amide bonds. The SMILES string of the molecule is CCOC(=O)C1=C(C)OC(N)=C(C#N)[C@@]12C(=O)Nc1cc(Br)ccc12. The third-order valence-electron chi connectivity index (χ3n) is 4.18. The molecule has 0 unspecified atom stereocenters. The predicted octanol–water partition coefficient (Wildman–Crippen LogP) is 2.20. The summed E-state index contributed by atoms with van der Waals surface area (Å²) in [5.74, 6) is -1.36. The molecular formula is C17H14BrN3O4. The van der Waals surface area contributed by atoms with Gasteiger partial charge in [0.15, 0.2) is 5.41 Å². The number of amides is 1. The van der Waals surface area contributed by atoms with Crippen molar-refractivity contribution < 1.29 is 19.1 Å². The van der Waals surface area contributed by atoms with Gasteiger partial charge in [0.2, 0.25) is 11.8 Å². The van der Waals surface area contributed by atoms with Crippen molar-refractivity contribution in [2.24, 2.45) is 5.73 Å². The number of hydrogen-bond donors (Lipinski definition) is 2. The molecule has 1 spiro atoms. The van der Waals surface area contributed by atoms with Gasteiger partial charge in [0.05, 0.1) is 6.61 Å². The molecule has 1 aromatic rings. The molecule has 1 aromatic carbocycles. The third kappa shape index (κ3) is 2.23. The first-order valence-electron chi connectivity index (χ1n) is 7.46. The van der Waals surface area contributed by atoms with E-state index in [2.05, 4.69) is 21.2 Å². The Bertz CT molecular complexity index is 913. The molecule has 2 aliphatic rings. The number of halogens is 1. The van der Waals surface area contributed by atoms with Crippen LogP contribution in [-0.2, 0) is 24.5 Å². The summed E-state index contributed by atoms with van der Waals surface area (Å²) in [6.45, 7) is 3.28. The van der Waals surface area contributed by atoms with Crippen LogP contribution in [0.2, 0.25) is 0 Å². The molecule has 7 nitrogen and oxygen atoms in total. The van der Waals surface area contributed by atoms with Crippen molar-refractivity contribution in [2.45, 2.75) is 19.3 Å². The van der Waals surface area contributed by atoms with Crippen LogP contribution in [-0.4, -0.2) is 18.5 Å². The fraction of sp³-hybridized carbons (Fsp3) is 0.235. The molecule has 25 heavy (non-hydrogen) atoms. The lowest BCUT2D eigenvalue weighted by Crippen LogP contribution is -2.45. The van der Waals surface area contributed by atoms with Gasteiger partial charge >= 0.3 is 5.97 Å². The third-order valence-corrected chi connectivity index (χ3v) is 4.67. The quantitative estimate of drug-likeness (QED) is 0.731. The zero-order valence-electron chi connectivity index (χ0n) is 13.5. The highest BCUT2D eigenvalue weighted by Crippen LogP contribution is 2.52. The van der Waals surface area contributed by atoms with Gasteiger partial charge in [0, 0.05) is 15.7 Å². The summed E-state index contributed by atoms with van der Waals surface area (Å²) < 4.78 is 11.2. The number of ether oxygens (including phenoxy) is 2. The second kappa shape index (κ2) is 5.93. The maximum absolute atomic E-state index is 13.0. The Kier molecular flexibility index (Phi) is 4.05. The maximum Gasteiger partial charge on any atom is 0.339 e. The fourth-order valence-electron chi connectivity index (χ4n) is 3.26. The molecule has 0 saturated heterocycles. The predicted molar refractivity (Wildman–Crippen MR) is 91.7 cm³/mol. The van der Waals surface area contributed by atoms with Crippen molar-refractivity contribution in [3.63, 3.8) is 0 Å². The van der Waals surface area contributed by atoms with Crippen molar-refractivity contribution in [1.82, 2.24) is 0 Å². The first kappa shape index (κ1) is 17.0. The van der Waals surface area contributed by atoms with Crippen LogP contribution in [0.1, 0.15) is 19.4 Å². The standard InChI is InChI=1S/C17H14BrN3O4/c1-3-24-15(22)13-8(2)25-14(20)11(7-19)17(13)10-5-4-9(18)6-12(10)21-16(17)23/h4-6H,3,20H2,1-2H3,(H,21,23)/t17-/m1/s1. The van der Waals surface area contributed by atoms with Gasteiger partial charge in [-0.2, -0.15) is 5.26 Å². The van der Waals surface area contributed by atoms with E-state index < -0.39 is 17.3 Å². The van der Waals surface area contributed by atoms with Gasteiger partial charge in [0.1, 0.15) is 23.0 Å². The number of allylic oxidation sites excluding steroid dienone is 1. The number of anilines is 1. The van der Waals surface area contributed by atoms with E-state index in [4.69, 9.17) is 15.2 Å². The smallest absolute Gasteiger partial charge is 0.339 e. The summed E-state index contributed by atoms with van der Waals surface area (Å²) in [7, 11) is 0. The van der Waals surface area contributed by atoms with Crippen molar-refractivity contribution in [3.8, 4) is 6.07 Å². The molecule has 0 aliphatic carbocycles. The molecule has 0 aromatic heterocycles. The van der Waals surface area contributed by atoms with E-state index >= 15 is 0 Å². The minimum Gasteiger partial charge on any atom is -0.462 e. The minimum absolute atomic E-state index is 0.0429. The summed E-state index contributed by atoms with van der Waals surface area (Å²) >= 11 is 3.34. The number of esters is 1. The molecule has 0 fully saturated rings. The van der Waals surface area contributed by atoms with Gasteiger partial charge in [-0.15, -0.1) is 0 Å². The molecule has 128 valence electrons. The van der Waals surface area contributed by atoms with Crippen LogP contribution in [0.15, 0.2) is 45.5 Å². The van der Waals surface area contributed by atoms with Crippen molar-refractivity contribution >= 4 is 33.5 Å². The highest BCUT2D eigenvalue weighted by Gasteiger charge is 2.59. The number of nitrogens with two attached hydrogens (primary N) is 1. The van der Waals surface area contributed by atoms with Gasteiger partial charge < -0.3 is 20.5 Å². The first-order valence-corrected chi connectivity index (χ1v) is 8.25. The Hall–Kier alpha value is -2.79. The second-order valence-electron chi connectivity index (χ2n) is 5.50. The van der Waals surface area contributed by atoms with Crippen LogP contribution < -0.4 is 11.1 Å². The number of benzene rings is 1. The van der Waals surface area contributed by atoms with E-state index in [0.29, 0.717) is 11.3 Å². The fourth-order valence-corrected chi connectivity index (χ4v) is 3.62. The number of rotatable bonds is 2. The van der Waals surface area contributed by atoms with Crippen LogP contribution >= 0.6 is 15.9 Å². The molecule has 3 rings (SSSR count). The number of nitriles is 1. The number of fused-ring (bicyclic) bond motifs is 2. The summed E-state index contributed by atoms with van der Waals surface area (Å²) in [5.41, 5.74) is 4.94. The van der Waals surface area contributed by atoms with Crippen molar-refractivity contribution in [1.29, 1.82) is 5.26 Å². The lowest BCUT2D eigenvalue weighted by Gasteiger charge is -2.33. The number of carbonyl (C=O) groups is 2. The van der Waals surface area contributed by atoms with E-state index in [1.807, 2.05) is 6.07 Å². The monoisotopic (exact) mass is 403 g/mol. The zero-order valence-corrected chi connectivity index (χ0v) is 15.1. The van der Waals surface area contributed by atoms with E-state index in [1.54, 1.807) is 25.1 Å². The average Bonchev–Trinajstić information content (AvgIpc) is 2.80. The molecule has 8 heteroatoms. The number of nitrogens with one attached hydrogen (secondary N) is 1. The highest BCUT2D eigenvalue weighted by atomic mass is 79.9. The molecule has 1 atom stereocenters. The van der Waals surface area contributed by atoms with Gasteiger partial charge in [-0.05, 0) is 26.0 Å². The minimum atomic E-state index is -1.69. The molecule has 0 radical (unpaired) electrons. The van der Waals surface area contributed by atoms with Crippen LogP contribution in [0, 0.1) is 11.3 Å². The van der Waals surface area contributed by atoms with Crippen LogP contribution in [0.4, 0.5) is 5.69 Å². The maximum atomic E-state index is 13.0. The largest absolute Gasteiger partial charge is 0.462 e. The Labute approximate surface area is 152 Å². The van der Waals surface area contributed by atoms with Gasteiger partial charge in [0.25, 0.3) is 0 Å². The topological polar surface area (TPSA) is 114 Å². The average molecular weight is 404 g/mol. The van der Waals surface area contributed by atoms with Crippen LogP contribution in [0.25, 0.3) is 0 Å². The summed E-state index contributed by atoms with van der Waals surface area (Å²) in [6.07, 6.45) is 0. The normalized spacial score (nSPS) is 21.6. The second-order valence-corrected chi connectivity index (χ2v) is 6.41. The van der Waals surface area contributed by atoms with Crippen molar-refractivity contribution in [3.05, 3.63) is 51.0 Å². The number of carbonyl (C=O) groups excluding carboxylic acids is 2. The Morgan fingerprint density at radius 1 is 1.52 bits per heavy atom. The lowest BCUT2D eigenvalue weighted by atomic mass is 9.68. The number of nitrogens with zero attached hydrogens (tertiary/aromatic N) is 1. The van der Waals surface area contributed by atoms with Crippen LogP contribution in [0.5, 0.6) is 0 Å². The Morgan fingerprint density at radius 3 is 2.88 bits per heavy atom. The van der Waals surface area contributed by atoms with Gasteiger partial charge in [-0.3, -0.25) is 4.79 Å². The van der Waals surface area contributed by atoms with Gasteiger partial charge in [-0.25, -0.2) is 4.79 Å². The van der Waals surface area contributed by atoms with Crippen molar-refractivity contribution in [2.75, 3.05) is 11.9 Å². The summed E-state index contributed by atoms with van der Waals surface area (Å²) in [5, 5.41) is 12.4. The van der Waals surface area contributed by atoms with E-state index in [-0.39, 0.29) is 29.4 Å². The van der Waals surface area contributed by atoms with E-state index in [9.17, 15) is 14.9 Å². The van der Waals surface area contributed by atoms with E-state index in [1.165, 1.54) is 6.92 Å². The Morgan fingerprint density at radius 2 is 2.24 bits per heavy atom. The lowest BCUT2D eigenvalue weighted by molar-refractivity contribution is -0.140. The summed E-state index contributed by atoms with van der Waals surface area (Å²) in [6, 6.07) is 7.02. The molecule has 2 heterocycles.